The molecule has 0 radical (unpaired) electrons. The van der Waals surface area contributed by atoms with Crippen molar-refractivity contribution in [2.45, 2.75) is 33.1 Å². The van der Waals surface area contributed by atoms with Gasteiger partial charge in [-0.2, -0.15) is 0 Å². The van der Waals surface area contributed by atoms with E-state index in [9.17, 15) is 0 Å². The molecule has 14 heavy (non-hydrogen) atoms. The molecule has 0 saturated carbocycles. The predicted octanol–water partition coefficient (Wildman–Crippen LogP) is 3.00. The maximum Gasteiger partial charge on any atom is 0.0471 e. The molecule has 2 heteroatoms. The van der Waals surface area contributed by atoms with E-state index in [2.05, 4.69) is 13.8 Å². The number of rotatable bonds is 4. The van der Waals surface area contributed by atoms with E-state index in [1.54, 1.807) is 0 Å². The van der Waals surface area contributed by atoms with Crippen LogP contribution in [0.25, 0.3) is 0 Å². The molecule has 0 aliphatic heterocycles. The molecule has 0 atom stereocenters. The van der Waals surface area contributed by atoms with Gasteiger partial charge >= 0.3 is 0 Å². The Bertz CT molecular complexity index is 282. The van der Waals surface area contributed by atoms with Crippen molar-refractivity contribution < 1.29 is 5.11 Å². The lowest BCUT2D eigenvalue weighted by molar-refractivity contribution is 0.299. The van der Waals surface area contributed by atoms with Gasteiger partial charge in [-0.05, 0) is 48.1 Å². The molecule has 0 aliphatic carbocycles. The smallest absolute Gasteiger partial charge is 0.0471 e. The molecule has 1 rings (SSSR count). The summed E-state index contributed by atoms with van der Waals surface area (Å²) in [7, 11) is 0. The zero-order chi connectivity index (χ0) is 10.6. The van der Waals surface area contributed by atoms with Crippen LogP contribution in [-0.4, -0.2) is 11.7 Å². The molecular weight excluding hydrogens is 196 g/mol. The third kappa shape index (κ3) is 2.49. The van der Waals surface area contributed by atoms with E-state index in [-0.39, 0.29) is 6.61 Å². The second-order valence-electron chi connectivity index (χ2n) is 3.38. The van der Waals surface area contributed by atoms with Gasteiger partial charge in [0.05, 0.1) is 0 Å². The molecule has 0 bridgehead atoms. The van der Waals surface area contributed by atoms with Crippen LogP contribution in [0, 0.1) is 0 Å². The van der Waals surface area contributed by atoms with Crippen molar-refractivity contribution in [2.24, 2.45) is 0 Å². The molecule has 1 N–H and O–H groups in total. The largest absolute Gasteiger partial charge is 0.396 e. The summed E-state index contributed by atoms with van der Waals surface area (Å²) < 4.78 is 0. The van der Waals surface area contributed by atoms with Gasteiger partial charge in [-0.25, -0.2) is 0 Å². The molecule has 0 heterocycles. The SMILES string of the molecule is CCc1cc(Cl)cc(CC)c1CCO. The fraction of sp³-hybridized carbons (Fsp3) is 0.500. The Morgan fingerprint density at radius 1 is 1.14 bits per heavy atom. The summed E-state index contributed by atoms with van der Waals surface area (Å²) in [6.45, 7) is 4.44. The molecule has 0 saturated heterocycles. The molecule has 1 nitrogen and oxygen atoms in total. The van der Waals surface area contributed by atoms with Crippen molar-refractivity contribution in [1.82, 2.24) is 0 Å². The standard InChI is InChI=1S/C12H17ClO/c1-3-9-7-11(13)8-10(4-2)12(9)5-6-14/h7-8,14H,3-6H2,1-2H3. The molecular formula is C12H17ClO. The Balaban J connectivity index is 3.18. The highest BCUT2D eigenvalue weighted by molar-refractivity contribution is 6.30. The Morgan fingerprint density at radius 2 is 1.64 bits per heavy atom. The van der Waals surface area contributed by atoms with E-state index < -0.39 is 0 Å². The van der Waals surface area contributed by atoms with E-state index in [4.69, 9.17) is 16.7 Å². The third-order valence-electron chi connectivity index (χ3n) is 2.52. The minimum absolute atomic E-state index is 0.210. The van der Waals surface area contributed by atoms with Crippen LogP contribution in [0.5, 0.6) is 0 Å². The van der Waals surface area contributed by atoms with Gasteiger partial charge in [-0.1, -0.05) is 25.4 Å². The Morgan fingerprint density at radius 3 is 2.00 bits per heavy atom. The molecule has 1 aromatic carbocycles. The van der Waals surface area contributed by atoms with E-state index >= 15 is 0 Å². The topological polar surface area (TPSA) is 20.2 Å². The zero-order valence-electron chi connectivity index (χ0n) is 8.81. The van der Waals surface area contributed by atoms with Gasteiger partial charge in [-0.15, -0.1) is 0 Å². The van der Waals surface area contributed by atoms with Gasteiger partial charge in [0.2, 0.25) is 0 Å². The predicted molar refractivity (Wildman–Crippen MR) is 61.0 cm³/mol. The van der Waals surface area contributed by atoms with Crippen molar-refractivity contribution >= 4 is 11.6 Å². The summed E-state index contributed by atoms with van der Waals surface area (Å²) in [5.74, 6) is 0. The van der Waals surface area contributed by atoms with Gasteiger partial charge in [-0.3, -0.25) is 0 Å². The minimum atomic E-state index is 0.210. The van der Waals surface area contributed by atoms with Crippen LogP contribution in [0.4, 0.5) is 0 Å². The minimum Gasteiger partial charge on any atom is -0.396 e. The third-order valence-corrected chi connectivity index (χ3v) is 2.74. The van der Waals surface area contributed by atoms with Gasteiger partial charge in [0.1, 0.15) is 0 Å². The van der Waals surface area contributed by atoms with E-state index in [0.29, 0.717) is 0 Å². The van der Waals surface area contributed by atoms with E-state index in [0.717, 1.165) is 24.3 Å². The maximum absolute atomic E-state index is 9.00. The highest BCUT2D eigenvalue weighted by atomic mass is 35.5. The molecule has 0 amide bonds. The first kappa shape index (κ1) is 11.5. The van der Waals surface area contributed by atoms with Crippen LogP contribution in [-0.2, 0) is 19.3 Å². The van der Waals surface area contributed by atoms with Gasteiger partial charge in [0.15, 0.2) is 0 Å². The average Bonchev–Trinajstić information content (AvgIpc) is 2.20. The Labute approximate surface area is 90.7 Å². The lowest BCUT2D eigenvalue weighted by Gasteiger charge is -2.12. The molecule has 78 valence electrons. The van der Waals surface area contributed by atoms with Crippen LogP contribution < -0.4 is 0 Å². The summed E-state index contributed by atoms with van der Waals surface area (Å²) in [4.78, 5) is 0. The molecule has 1 aromatic rings. The van der Waals surface area contributed by atoms with E-state index in [1.807, 2.05) is 12.1 Å². The fourth-order valence-corrected chi connectivity index (χ4v) is 2.08. The highest BCUT2D eigenvalue weighted by Crippen LogP contribution is 2.22. The van der Waals surface area contributed by atoms with Crippen LogP contribution in [0.3, 0.4) is 0 Å². The quantitative estimate of drug-likeness (QED) is 0.814. The second-order valence-corrected chi connectivity index (χ2v) is 3.82. The maximum atomic E-state index is 9.00. The van der Waals surface area contributed by atoms with Crippen molar-refractivity contribution in [1.29, 1.82) is 0 Å². The van der Waals surface area contributed by atoms with Crippen molar-refractivity contribution in [3.05, 3.63) is 33.8 Å². The second kappa shape index (κ2) is 5.38. The molecule has 0 aliphatic rings. The van der Waals surface area contributed by atoms with Crippen LogP contribution in [0.1, 0.15) is 30.5 Å². The summed E-state index contributed by atoms with van der Waals surface area (Å²) in [5, 5.41) is 9.80. The molecule has 0 aromatic heterocycles. The average molecular weight is 213 g/mol. The lowest BCUT2D eigenvalue weighted by atomic mass is 9.95. The van der Waals surface area contributed by atoms with Crippen LogP contribution >= 0.6 is 11.6 Å². The Kier molecular flexibility index (Phi) is 4.43. The van der Waals surface area contributed by atoms with Gasteiger partial charge < -0.3 is 5.11 Å². The zero-order valence-corrected chi connectivity index (χ0v) is 9.56. The van der Waals surface area contributed by atoms with Crippen molar-refractivity contribution in [2.75, 3.05) is 6.61 Å². The number of halogens is 1. The number of hydrogen-bond acceptors (Lipinski definition) is 1. The summed E-state index contributed by atoms with van der Waals surface area (Å²) >= 11 is 6.02. The first-order chi connectivity index (χ1) is 6.72. The normalized spacial score (nSPS) is 10.6. The van der Waals surface area contributed by atoms with Crippen LogP contribution in [0.15, 0.2) is 12.1 Å². The van der Waals surface area contributed by atoms with Crippen molar-refractivity contribution in [3.8, 4) is 0 Å². The van der Waals surface area contributed by atoms with E-state index in [1.165, 1.54) is 16.7 Å². The monoisotopic (exact) mass is 212 g/mol. The first-order valence-electron chi connectivity index (χ1n) is 5.13. The Hall–Kier alpha value is -0.530. The van der Waals surface area contributed by atoms with Gasteiger partial charge in [0, 0.05) is 11.6 Å². The summed E-state index contributed by atoms with van der Waals surface area (Å²) in [6.07, 6.45) is 2.69. The number of benzene rings is 1. The first-order valence-corrected chi connectivity index (χ1v) is 5.51. The molecule has 0 spiro atoms. The van der Waals surface area contributed by atoms with Gasteiger partial charge in [0.25, 0.3) is 0 Å². The highest BCUT2D eigenvalue weighted by Gasteiger charge is 2.07. The molecule has 0 fully saturated rings. The number of hydrogen-bond donors (Lipinski definition) is 1. The fourth-order valence-electron chi connectivity index (χ4n) is 1.82. The van der Waals surface area contributed by atoms with Crippen LogP contribution in [0.2, 0.25) is 5.02 Å². The van der Waals surface area contributed by atoms with Crippen molar-refractivity contribution in [3.63, 3.8) is 0 Å². The number of aliphatic hydroxyl groups is 1. The number of aliphatic hydroxyl groups excluding tert-OH is 1. The lowest BCUT2D eigenvalue weighted by Crippen LogP contribution is -2.02. The summed E-state index contributed by atoms with van der Waals surface area (Å²) in [6, 6.07) is 4.01. The summed E-state index contributed by atoms with van der Waals surface area (Å²) in [5.41, 5.74) is 3.81. The molecule has 0 unspecified atom stereocenters. The number of aryl methyl sites for hydroxylation is 2.